The second-order valence-corrected chi connectivity index (χ2v) is 4.20. The van der Waals surface area contributed by atoms with Gasteiger partial charge in [-0.3, -0.25) is 4.98 Å². The molecule has 104 valence electrons. The number of pyridine rings is 1. The maximum atomic E-state index is 10.0. The van der Waals surface area contributed by atoms with E-state index in [1.807, 2.05) is 30.3 Å². The van der Waals surface area contributed by atoms with Crippen LogP contribution in [0.4, 0.5) is 0 Å². The number of benzene rings is 1. The summed E-state index contributed by atoms with van der Waals surface area (Å²) in [6.07, 6.45) is 4.40. The molecule has 0 fully saturated rings. The summed E-state index contributed by atoms with van der Waals surface area (Å²) in [5.74, 6) is 1.41. The van der Waals surface area contributed by atoms with E-state index in [0.29, 0.717) is 17.2 Å². The monoisotopic (exact) mass is 271 g/mol. The fraction of sp³-hybridized carbons (Fsp3) is 0.188. The summed E-state index contributed by atoms with van der Waals surface area (Å²) < 4.78 is 10.4. The van der Waals surface area contributed by atoms with Crippen molar-refractivity contribution >= 4 is 6.08 Å². The summed E-state index contributed by atoms with van der Waals surface area (Å²) in [4.78, 5) is 4.11. The minimum absolute atomic E-state index is 0.610. The average molecular weight is 271 g/mol. The number of ether oxygens (including phenoxy) is 2. The summed E-state index contributed by atoms with van der Waals surface area (Å²) in [7, 11) is 3.20. The molecule has 1 aromatic heterocycles. The number of methoxy groups -OCH3 is 2. The maximum Gasteiger partial charge on any atom is 0.123 e. The molecule has 4 heteroatoms. The normalized spacial score (nSPS) is 12.3. The second-order valence-electron chi connectivity index (χ2n) is 4.20. The molecule has 4 nitrogen and oxygen atoms in total. The van der Waals surface area contributed by atoms with Gasteiger partial charge in [0.15, 0.2) is 0 Å². The number of rotatable bonds is 5. The lowest BCUT2D eigenvalue weighted by Crippen LogP contribution is -1.95. The van der Waals surface area contributed by atoms with Gasteiger partial charge in [-0.1, -0.05) is 12.1 Å². The van der Waals surface area contributed by atoms with Gasteiger partial charge in [0.25, 0.3) is 0 Å². The lowest BCUT2D eigenvalue weighted by Gasteiger charge is -2.07. The van der Waals surface area contributed by atoms with E-state index in [4.69, 9.17) is 9.47 Å². The Balaban J connectivity index is 2.18. The van der Waals surface area contributed by atoms with Crippen LogP contribution in [0.3, 0.4) is 0 Å². The smallest absolute Gasteiger partial charge is 0.123 e. The lowest BCUT2D eigenvalue weighted by molar-refractivity contribution is 0.224. The van der Waals surface area contributed by atoms with Crippen LogP contribution in [0.2, 0.25) is 0 Å². The Hall–Kier alpha value is -2.33. The van der Waals surface area contributed by atoms with Gasteiger partial charge in [0.05, 0.1) is 19.9 Å². The fourth-order valence-corrected chi connectivity index (χ4v) is 1.78. The number of nitrogens with zero attached hydrogens (tertiary/aromatic N) is 1. The number of hydrogen-bond acceptors (Lipinski definition) is 4. The first-order valence-corrected chi connectivity index (χ1v) is 6.23. The molecule has 1 heterocycles. The highest BCUT2D eigenvalue weighted by Crippen LogP contribution is 2.24. The van der Waals surface area contributed by atoms with E-state index in [2.05, 4.69) is 4.98 Å². The van der Waals surface area contributed by atoms with Crippen LogP contribution in [0.1, 0.15) is 17.4 Å². The Bertz CT molecular complexity index is 559. The molecular formula is C16H17NO3. The molecule has 0 aliphatic rings. The number of aliphatic hydroxyl groups excluding tert-OH is 1. The van der Waals surface area contributed by atoms with Gasteiger partial charge in [-0.05, 0) is 35.9 Å². The summed E-state index contributed by atoms with van der Waals surface area (Å²) >= 11 is 0. The zero-order valence-corrected chi connectivity index (χ0v) is 11.5. The summed E-state index contributed by atoms with van der Waals surface area (Å²) in [6, 6.07) is 11.0. The third kappa shape index (κ3) is 3.59. The molecule has 1 unspecified atom stereocenters. The number of aliphatic hydroxyl groups is 1. The Morgan fingerprint density at radius 3 is 2.35 bits per heavy atom. The molecule has 0 aliphatic heterocycles. The van der Waals surface area contributed by atoms with Crippen molar-refractivity contribution in [2.75, 3.05) is 14.2 Å². The molecule has 0 amide bonds. The fourth-order valence-electron chi connectivity index (χ4n) is 1.78. The van der Waals surface area contributed by atoms with Crippen molar-refractivity contribution in [3.63, 3.8) is 0 Å². The first-order chi connectivity index (χ1) is 9.72. The molecule has 0 spiro atoms. The van der Waals surface area contributed by atoms with Crippen molar-refractivity contribution in [2.45, 2.75) is 6.10 Å². The van der Waals surface area contributed by atoms with E-state index in [0.717, 1.165) is 5.56 Å². The average Bonchev–Trinajstić information content (AvgIpc) is 2.53. The second kappa shape index (κ2) is 6.73. The molecule has 1 N–H and O–H groups in total. The van der Waals surface area contributed by atoms with Crippen molar-refractivity contribution in [1.29, 1.82) is 0 Å². The van der Waals surface area contributed by atoms with Crippen molar-refractivity contribution in [1.82, 2.24) is 4.98 Å². The van der Waals surface area contributed by atoms with E-state index in [9.17, 15) is 5.11 Å². The van der Waals surface area contributed by atoms with Gasteiger partial charge < -0.3 is 14.6 Å². The first kappa shape index (κ1) is 14.1. The van der Waals surface area contributed by atoms with Crippen LogP contribution in [-0.4, -0.2) is 24.3 Å². The van der Waals surface area contributed by atoms with Crippen molar-refractivity contribution in [3.05, 3.63) is 59.9 Å². The highest BCUT2D eigenvalue weighted by Gasteiger charge is 2.04. The largest absolute Gasteiger partial charge is 0.497 e. The Morgan fingerprint density at radius 1 is 1.10 bits per heavy atom. The van der Waals surface area contributed by atoms with E-state index in [1.165, 1.54) is 0 Å². The predicted octanol–water partition coefficient (Wildman–Crippen LogP) is 2.85. The zero-order chi connectivity index (χ0) is 14.4. The maximum absolute atomic E-state index is 10.0. The molecule has 2 aromatic rings. The van der Waals surface area contributed by atoms with Gasteiger partial charge >= 0.3 is 0 Å². The first-order valence-electron chi connectivity index (χ1n) is 6.23. The lowest BCUT2D eigenvalue weighted by atomic mass is 10.1. The Labute approximate surface area is 118 Å². The Kier molecular flexibility index (Phi) is 4.74. The van der Waals surface area contributed by atoms with Gasteiger partial charge in [0.2, 0.25) is 0 Å². The van der Waals surface area contributed by atoms with E-state index in [1.54, 1.807) is 38.6 Å². The van der Waals surface area contributed by atoms with Crippen LogP contribution in [0, 0.1) is 0 Å². The molecular weight excluding hydrogens is 254 g/mol. The standard InChI is InChI=1S/C16H17NO3/c1-19-13-9-12(10-14(11-13)20-2)6-7-16(18)15-5-3-4-8-17-15/h3-11,16,18H,1-2H3. The molecule has 1 aromatic carbocycles. The van der Waals surface area contributed by atoms with Gasteiger partial charge in [-0.15, -0.1) is 0 Å². The van der Waals surface area contributed by atoms with Crippen LogP contribution in [0.15, 0.2) is 48.7 Å². The molecule has 20 heavy (non-hydrogen) atoms. The van der Waals surface area contributed by atoms with Crippen LogP contribution in [-0.2, 0) is 0 Å². The van der Waals surface area contributed by atoms with Gasteiger partial charge in [0.1, 0.15) is 17.6 Å². The minimum atomic E-state index is -0.742. The highest BCUT2D eigenvalue weighted by atomic mass is 16.5. The number of aromatic nitrogens is 1. The van der Waals surface area contributed by atoms with E-state index >= 15 is 0 Å². The van der Waals surface area contributed by atoms with Crippen molar-refractivity contribution in [3.8, 4) is 11.5 Å². The van der Waals surface area contributed by atoms with Crippen molar-refractivity contribution in [2.24, 2.45) is 0 Å². The van der Waals surface area contributed by atoms with E-state index in [-0.39, 0.29) is 0 Å². The Morgan fingerprint density at radius 2 is 1.80 bits per heavy atom. The third-order valence-corrected chi connectivity index (χ3v) is 2.84. The molecule has 0 bridgehead atoms. The molecule has 0 saturated carbocycles. The minimum Gasteiger partial charge on any atom is -0.497 e. The summed E-state index contributed by atoms with van der Waals surface area (Å²) in [5.41, 5.74) is 1.50. The van der Waals surface area contributed by atoms with Crippen LogP contribution >= 0.6 is 0 Å². The molecule has 0 radical (unpaired) electrons. The topological polar surface area (TPSA) is 51.6 Å². The van der Waals surface area contributed by atoms with Gasteiger partial charge in [-0.2, -0.15) is 0 Å². The summed E-state index contributed by atoms with van der Waals surface area (Å²) in [6.45, 7) is 0. The molecule has 2 rings (SSSR count). The quantitative estimate of drug-likeness (QED) is 0.908. The third-order valence-electron chi connectivity index (χ3n) is 2.84. The number of hydrogen-bond donors (Lipinski definition) is 1. The predicted molar refractivity (Wildman–Crippen MR) is 77.8 cm³/mol. The SMILES string of the molecule is COc1cc(C=CC(O)c2ccccn2)cc(OC)c1. The molecule has 0 aliphatic carbocycles. The van der Waals surface area contributed by atoms with E-state index < -0.39 is 6.10 Å². The highest BCUT2D eigenvalue weighted by molar-refractivity contribution is 5.55. The van der Waals surface area contributed by atoms with Crippen LogP contribution < -0.4 is 9.47 Å². The summed E-state index contributed by atoms with van der Waals surface area (Å²) in [5, 5.41) is 10.0. The van der Waals surface area contributed by atoms with Gasteiger partial charge in [0, 0.05) is 12.3 Å². The van der Waals surface area contributed by atoms with Crippen LogP contribution in [0.5, 0.6) is 11.5 Å². The van der Waals surface area contributed by atoms with Crippen molar-refractivity contribution < 1.29 is 14.6 Å². The molecule has 1 atom stereocenters. The molecule has 0 saturated heterocycles. The van der Waals surface area contributed by atoms with Crippen LogP contribution in [0.25, 0.3) is 6.08 Å². The zero-order valence-electron chi connectivity index (χ0n) is 11.5. The van der Waals surface area contributed by atoms with Gasteiger partial charge in [-0.25, -0.2) is 0 Å².